The second-order valence-corrected chi connectivity index (χ2v) is 6.53. The predicted molar refractivity (Wildman–Crippen MR) is 96.6 cm³/mol. The molecule has 0 amide bonds. The number of hydrogen-bond donors (Lipinski definition) is 0. The molecule has 0 N–H and O–H groups in total. The average Bonchev–Trinajstić information content (AvgIpc) is 3.23. The van der Waals surface area contributed by atoms with Gasteiger partial charge in [0.2, 0.25) is 5.88 Å². The molecule has 0 bridgehead atoms. The van der Waals surface area contributed by atoms with E-state index in [4.69, 9.17) is 9.15 Å². The lowest BCUT2D eigenvalue weighted by atomic mass is 10.2. The van der Waals surface area contributed by atoms with Crippen molar-refractivity contribution in [3.63, 3.8) is 0 Å². The third-order valence-electron chi connectivity index (χ3n) is 3.84. The van der Waals surface area contributed by atoms with Gasteiger partial charge in [0.15, 0.2) is 11.4 Å². The van der Waals surface area contributed by atoms with Gasteiger partial charge in [-0.1, -0.05) is 6.07 Å². The van der Waals surface area contributed by atoms with E-state index in [1.165, 1.54) is 6.07 Å². The van der Waals surface area contributed by atoms with E-state index in [1.807, 2.05) is 6.07 Å². The molecule has 0 saturated carbocycles. The van der Waals surface area contributed by atoms with Gasteiger partial charge in [-0.3, -0.25) is 0 Å². The third kappa shape index (κ3) is 3.07. The van der Waals surface area contributed by atoms with Crippen LogP contribution in [0.2, 0.25) is 0 Å². The van der Waals surface area contributed by atoms with Crippen molar-refractivity contribution in [1.29, 1.82) is 0 Å². The Kier molecular flexibility index (Phi) is 4.31. The van der Waals surface area contributed by atoms with Crippen LogP contribution in [0, 0.1) is 5.82 Å². The Morgan fingerprint density at radius 3 is 3.04 bits per heavy atom. The van der Waals surface area contributed by atoms with Gasteiger partial charge < -0.3 is 9.15 Å². The summed E-state index contributed by atoms with van der Waals surface area (Å²) in [5.41, 5.74) is 1.82. The normalized spacial score (nSPS) is 11.4. The summed E-state index contributed by atoms with van der Waals surface area (Å²) >= 11 is 1.78. The Labute approximate surface area is 147 Å². The van der Waals surface area contributed by atoms with Gasteiger partial charge >= 0.3 is 0 Å². The highest BCUT2D eigenvalue weighted by Gasteiger charge is 2.14. The van der Waals surface area contributed by atoms with Crippen molar-refractivity contribution in [2.24, 2.45) is 0 Å². The minimum Gasteiger partial charge on any atom is -0.477 e. The molecule has 0 fully saturated rings. The van der Waals surface area contributed by atoms with Crippen molar-refractivity contribution in [1.82, 2.24) is 14.6 Å². The molecule has 1 aromatic carbocycles. The quantitative estimate of drug-likeness (QED) is 0.478. The zero-order valence-electron chi connectivity index (χ0n) is 13.6. The fourth-order valence-corrected chi connectivity index (χ4v) is 3.04. The SMILES string of the molecule is CSCCCOc1ccc2ncc(-c3cc4c(F)cccc4o3)n2n1. The van der Waals surface area contributed by atoms with Gasteiger partial charge in [0.1, 0.15) is 17.1 Å². The Morgan fingerprint density at radius 2 is 2.20 bits per heavy atom. The molecule has 0 spiro atoms. The summed E-state index contributed by atoms with van der Waals surface area (Å²) in [4.78, 5) is 4.33. The van der Waals surface area contributed by atoms with E-state index in [1.54, 1.807) is 46.7 Å². The predicted octanol–water partition coefficient (Wildman–Crippen LogP) is 4.41. The van der Waals surface area contributed by atoms with E-state index < -0.39 is 0 Å². The lowest BCUT2D eigenvalue weighted by Crippen LogP contribution is -2.03. The number of benzene rings is 1. The van der Waals surface area contributed by atoms with Gasteiger partial charge in [-0.2, -0.15) is 11.8 Å². The van der Waals surface area contributed by atoms with Crippen LogP contribution < -0.4 is 4.74 Å². The summed E-state index contributed by atoms with van der Waals surface area (Å²) in [6.45, 7) is 0.610. The molecule has 0 saturated heterocycles. The third-order valence-corrected chi connectivity index (χ3v) is 4.54. The minimum atomic E-state index is -0.313. The van der Waals surface area contributed by atoms with Crippen LogP contribution in [0.3, 0.4) is 0 Å². The van der Waals surface area contributed by atoms with Gasteiger partial charge in [-0.25, -0.2) is 13.9 Å². The zero-order valence-corrected chi connectivity index (χ0v) is 14.4. The van der Waals surface area contributed by atoms with Crippen molar-refractivity contribution in [2.75, 3.05) is 18.6 Å². The van der Waals surface area contributed by atoms with Crippen LogP contribution in [-0.2, 0) is 0 Å². The van der Waals surface area contributed by atoms with Crippen molar-refractivity contribution in [2.45, 2.75) is 6.42 Å². The lowest BCUT2D eigenvalue weighted by molar-refractivity contribution is 0.302. The highest BCUT2D eigenvalue weighted by Crippen LogP contribution is 2.29. The summed E-state index contributed by atoms with van der Waals surface area (Å²) in [7, 11) is 0. The summed E-state index contributed by atoms with van der Waals surface area (Å²) in [6.07, 6.45) is 4.69. The number of aromatic nitrogens is 3. The maximum Gasteiger partial charge on any atom is 0.231 e. The fourth-order valence-electron chi connectivity index (χ4n) is 2.63. The number of fused-ring (bicyclic) bond motifs is 2. The lowest BCUT2D eigenvalue weighted by Gasteiger charge is -2.05. The van der Waals surface area contributed by atoms with Gasteiger partial charge in [-0.05, 0) is 42.7 Å². The van der Waals surface area contributed by atoms with Crippen molar-refractivity contribution in [3.8, 4) is 17.3 Å². The number of furan rings is 1. The molecule has 7 heteroatoms. The molecule has 0 unspecified atom stereocenters. The minimum absolute atomic E-state index is 0.313. The Balaban J connectivity index is 1.69. The molecule has 4 rings (SSSR count). The summed E-state index contributed by atoms with van der Waals surface area (Å²) in [6, 6.07) is 10.1. The molecule has 0 aliphatic carbocycles. The first-order chi connectivity index (χ1) is 12.3. The van der Waals surface area contributed by atoms with E-state index in [-0.39, 0.29) is 5.82 Å². The molecule has 0 radical (unpaired) electrons. The molecule has 4 aromatic rings. The second kappa shape index (κ2) is 6.76. The molecular weight excluding hydrogens is 341 g/mol. The van der Waals surface area contributed by atoms with E-state index in [0.29, 0.717) is 40.6 Å². The van der Waals surface area contributed by atoms with E-state index in [9.17, 15) is 4.39 Å². The first kappa shape index (κ1) is 16.0. The van der Waals surface area contributed by atoms with Gasteiger partial charge in [-0.15, -0.1) is 5.10 Å². The van der Waals surface area contributed by atoms with Crippen LogP contribution in [0.4, 0.5) is 4.39 Å². The van der Waals surface area contributed by atoms with Crippen LogP contribution in [0.15, 0.2) is 47.0 Å². The van der Waals surface area contributed by atoms with Crippen molar-refractivity contribution < 1.29 is 13.5 Å². The van der Waals surface area contributed by atoms with E-state index in [2.05, 4.69) is 16.3 Å². The second-order valence-electron chi connectivity index (χ2n) is 5.54. The molecular formula is C18H16FN3O2S. The number of hydrogen-bond acceptors (Lipinski definition) is 5. The zero-order chi connectivity index (χ0) is 17.2. The number of imidazole rings is 1. The molecule has 25 heavy (non-hydrogen) atoms. The van der Waals surface area contributed by atoms with Crippen LogP contribution in [0.1, 0.15) is 6.42 Å². The van der Waals surface area contributed by atoms with Crippen LogP contribution in [0.25, 0.3) is 28.1 Å². The first-order valence-electron chi connectivity index (χ1n) is 7.91. The number of nitrogens with zero attached hydrogens (tertiary/aromatic N) is 3. The number of thioether (sulfide) groups is 1. The highest BCUT2D eigenvalue weighted by atomic mass is 32.2. The average molecular weight is 357 g/mol. The Bertz CT molecular complexity index is 1030. The maximum absolute atomic E-state index is 13.9. The Hall–Kier alpha value is -2.54. The van der Waals surface area contributed by atoms with Gasteiger partial charge in [0.05, 0.1) is 18.2 Å². The maximum atomic E-state index is 13.9. The van der Waals surface area contributed by atoms with Gasteiger partial charge in [0.25, 0.3) is 0 Å². The largest absolute Gasteiger partial charge is 0.477 e. The molecule has 3 heterocycles. The van der Waals surface area contributed by atoms with Crippen LogP contribution in [0.5, 0.6) is 5.88 Å². The molecule has 5 nitrogen and oxygen atoms in total. The monoisotopic (exact) mass is 357 g/mol. The molecule has 128 valence electrons. The van der Waals surface area contributed by atoms with Crippen molar-refractivity contribution >= 4 is 28.4 Å². The summed E-state index contributed by atoms with van der Waals surface area (Å²) < 4.78 is 27.0. The van der Waals surface area contributed by atoms with E-state index in [0.717, 1.165) is 12.2 Å². The number of rotatable bonds is 6. The highest BCUT2D eigenvalue weighted by molar-refractivity contribution is 7.98. The smallest absolute Gasteiger partial charge is 0.231 e. The Morgan fingerprint density at radius 1 is 1.28 bits per heavy atom. The molecule has 0 aliphatic rings. The van der Waals surface area contributed by atoms with E-state index >= 15 is 0 Å². The topological polar surface area (TPSA) is 52.6 Å². The fraction of sp³-hybridized carbons (Fsp3) is 0.222. The number of ether oxygens (including phenoxy) is 1. The number of halogens is 1. The van der Waals surface area contributed by atoms with Crippen LogP contribution in [-0.4, -0.2) is 33.2 Å². The standard InChI is InChI=1S/C18H16FN3O2S/c1-25-9-3-8-23-18-7-6-17-20-11-14(22(17)21-18)16-10-12-13(19)4-2-5-15(12)24-16/h2,4-7,10-11H,3,8-9H2,1H3. The summed E-state index contributed by atoms with van der Waals surface area (Å²) in [5.74, 6) is 1.77. The van der Waals surface area contributed by atoms with Crippen molar-refractivity contribution in [3.05, 3.63) is 48.4 Å². The first-order valence-corrected chi connectivity index (χ1v) is 9.30. The molecule has 0 aliphatic heterocycles. The van der Waals surface area contributed by atoms with Crippen LogP contribution >= 0.6 is 11.8 Å². The summed E-state index contributed by atoms with van der Waals surface area (Å²) in [5, 5.41) is 4.91. The molecule has 0 atom stereocenters. The molecule has 3 aromatic heterocycles. The van der Waals surface area contributed by atoms with Gasteiger partial charge in [0, 0.05) is 6.07 Å².